The van der Waals surface area contributed by atoms with Gasteiger partial charge in [0.15, 0.2) is 0 Å². The van der Waals surface area contributed by atoms with E-state index in [0.717, 1.165) is 12.1 Å². The summed E-state index contributed by atoms with van der Waals surface area (Å²) in [6.45, 7) is 0.277. The first-order chi connectivity index (χ1) is 7.80. The number of hydrogen-bond donors (Lipinski definition) is 2. The minimum atomic E-state index is -4.37. The molecule has 94 valence electrons. The Labute approximate surface area is 104 Å². The monoisotopic (exact) mass is 310 g/mol. The molecule has 0 aromatic heterocycles. The zero-order valence-corrected chi connectivity index (χ0v) is 10.2. The third-order valence-electron chi connectivity index (χ3n) is 1.98. The second-order valence-corrected chi connectivity index (χ2v) is 4.19. The first-order valence-electron chi connectivity index (χ1n) is 4.69. The number of nitrogens with two attached hydrogens (primary N) is 1. The first kappa shape index (κ1) is 13.8. The van der Waals surface area contributed by atoms with Gasteiger partial charge in [0.25, 0.3) is 0 Å². The number of rotatable bonds is 4. The van der Waals surface area contributed by atoms with Crippen molar-refractivity contribution in [2.24, 2.45) is 5.73 Å². The number of benzene rings is 1. The van der Waals surface area contributed by atoms with E-state index in [1.54, 1.807) is 0 Å². The van der Waals surface area contributed by atoms with Crippen molar-refractivity contribution in [3.63, 3.8) is 0 Å². The van der Waals surface area contributed by atoms with Crippen molar-refractivity contribution in [1.29, 1.82) is 0 Å². The predicted octanol–water partition coefficient (Wildman–Crippen LogP) is 2.76. The number of amides is 1. The summed E-state index contributed by atoms with van der Waals surface area (Å²) in [5.41, 5.74) is 4.69. The molecule has 1 rings (SSSR count). The smallest absolute Gasteiger partial charge is 0.384 e. The van der Waals surface area contributed by atoms with Crippen LogP contribution in [-0.2, 0) is 11.0 Å². The molecular formula is C10H10BrF3N2O. The van der Waals surface area contributed by atoms with E-state index in [4.69, 9.17) is 5.73 Å². The lowest BCUT2D eigenvalue weighted by Crippen LogP contribution is -2.16. The molecule has 3 nitrogen and oxygen atoms in total. The van der Waals surface area contributed by atoms with E-state index in [0.29, 0.717) is 5.69 Å². The third kappa shape index (κ3) is 4.26. The summed E-state index contributed by atoms with van der Waals surface area (Å²) in [7, 11) is 0. The van der Waals surface area contributed by atoms with Gasteiger partial charge in [-0.15, -0.1) is 0 Å². The number of halogens is 4. The molecule has 0 spiro atoms. The molecule has 17 heavy (non-hydrogen) atoms. The lowest BCUT2D eigenvalue weighted by Gasteiger charge is -2.11. The van der Waals surface area contributed by atoms with Gasteiger partial charge >= 0.3 is 6.18 Å². The van der Waals surface area contributed by atoms with Crippen LogP contribution in [-0.4, -0.2) is 12.5 Å². The lowest BCUT2D eigenvalue weighted by molar-refractivity contribution is -0.137. The van der Waals surface area contributed by atoms with E-state index in [1.807, 2.05) is 0 Å². The van der Waals surface area contributed by atoms with Crippen LogP contribution < -0.4 is 11.1 Å². The van der Waals surface area contributed by atoms with Crippen molar-refractivity contribution in [1.82, 2.24) is 0 Å². The van der Waals surface area contributed by atoms with Crippen LogP contribution in [0.5, 0.6) is 0 Å². The van der Waals surface area contributed by atoms with Crippen molar-refractivity contribution in [3.8, 4) is 0 Å². The van der Waals surface area contributed by atoms with Gasteiger partial charge in [-0.05, 0) is 34.1 Å². The summed E-state index contributed by atoms with van der Waals surface area (Å²) in [6, 6.07) is 3.25. The molecule has 0 aliphatic rings. The molecule has 3 N–H and O–H groups in total. The largest absolute Gasteiger partial charge is 0.416 e. The van der Waals surface area contributed by atoms with Crippen molar-refractivity contribution in [3.05, 3.63) is 28.2 Å². The fraction of sp³-hybridized carbons (Fsp3) is 0.300. The minimum absolute atomic E-state index is 0.119. The maximum absolute atomic E-state index is 12.4. The number of anilines is 1. The van der Waals surface area contributed by atoms with Gasteiger partial charge in [0.1, 0.15) is 0 Å². The predicted molar refractivity (Wildman–Crippen MR) is 61.4 cm³/mol. The maximum atomic E-state index is 12.4. The van der Waals surface area contributed by atoms with E-state index in [2.05, 4.69) is 21.2 Å². The fourth-order valence-electron chi connectivity index (χ4n) is 1.16. The normalized spacial score (nSPS) is 11.3. The van der Waals surface area contributed by atoms with Gasteiger partial charge < -0.3 is 11.1 Å². The molecule has 0 fully saturated rings. The molecule has 7 heteroatoms. The molecule has 1 aromatic carbocycles. The third-order valence-corrected chi connectivity index (χ3v) is 2.64. The van der Waals surface area contributed by atoms with E-state index < -0.39 is 17.6 Å². The Kier molecular flexibility index (Phi) is 4.39. The Morgan fingerprint density at radius 1 is 1.41 bits per heavy atom. The highest BCUT2D eigenvalue weighted by molar-refractivity contribution is 9.10. The fourth-order valence-corrected chi connectivity index (χ4v) is 1.67. The molecule has 0 heterocycles. The average molecular weight is 311 g/mol. The Balaban J connectivity index is 2.73. The zero-order valence-electron chi connectivity index (χ0n) is 8.64. The summed E-state index contributed by atoms with van der Waals surface area (Å²) >= 11 is 3.03. The van der Waals surface area contributed by atoms with E-state index in [-0.39, 0.29) is 17.4 Å². The Bertz CT molecular complexity index is 421. The molecular weight excluding hydrogens is 301 g/mol. The van der Waals surface area contributed by atoms with Crippen LogP contribution in [0.4, 0.5) is 18.9 Å². The highest BCUT2D eigenvalue weighted by Crippen LogP contribution is 2.33. The molecule has 0 aliphatic heterocycles. The highest BCUT2D eigenvalue weighted by Gasteiger charge is 2.30. The summed E-state index contributed by atoms with van der Waals surface area (Å²) in [5.74, 6) is -0.472. The molecule has 0 bridgehead atoms. The molecule has 0 aliphatic carbocycles. The molecule has 0 radical (unpaired) electrons. The standard InChI is InChI=1S/C10H10BrF3N2O/c11-7-5-6(10(12,13)14)1-2-8(7)16-4-3-9(15)17/h1-2,5,16H,3-4H2,(H2,15,17). The number of carbonyl (C=O) groups excluding carboxylic acids is 1. The van der Waals surface area contributed by atoms with E-state index in [9.17, 15) is 18.0 Å². The zero-order chi connectivity index (χ0) is 13.1. The van der Waals surface area contributed by atoms with Crippen LogP contribution >= 0.6 is 15.9 Å². The van der Waals surface area contributed by atoms with Crippen LogP contribution in [0.25, 0.3) is 0 Å². The maximum Gasteiger partial charge on any atom is 0.416 e. The van der Waals surface area contributed by atoms with Crippen LogP contribution in [0.15, 0.2) is 22.7 Å². The van der Waals surface area contributed by atoms with Gasteiger partial charge in [-0.25, -0.2) is 0 Å². The van der Waals surface area contributed by atoms with E-state index in [1.165, 1.54) is 6.07 Å². The van der Waals surface area contributed by atoms with Crippen molar-refractivity contribution >= 4 is 27.5 Å². The van der Waals surface area contributed by atoms with Crippen LogP contribution in [0.1, 0.15) is 12.0 Å². The number of hydrogen-bond acceptors (Lipinski definition) is 2. The average Bonchev–Trinajstić information content (AvgIpc) is 2.18. The number of alkyl halides is 3. The molecule has 0 unspecified atom stereocenters. The van der Waals surface area contributed by atoms with Crippen LogP contribution in [0, 0.1) is 0 Å². The first-order valence-corrected chi connectivity index (χ1v) is 5.49. The van der Waals surface area contributed by atoms with Crippen molar-refractivity contribution in [2.45, 2.75) is 12.6 Å². The summed E-state index contributed by atoms with van der Waals surface area (Å²) in [6.07, 6.45) is -4.25. The summed E-state index contributed by atoms with van der Waals surface area (Å²) < 4.78 is 37.4. The number of nitrogens with one attached hydrogen (secondary N) is 1. The number of carbonyl (C=O) groups is 1. The SMILES string of the molecule is NC(=O)CCNc1ccc(C(F)(F)F)cc1Br. The van der Waals surface area contributed by atoms with Crippen LogP contribution in [0.2, 0.25) is 0 Å². The molecule has 0 saturated carbocycles. The van der Waals surface area contributed by atoms with Gasteiger partial charge in [-0.2, -0.15) is 13.2 Å². The molecule has 1 amide bonds. The van der Waals surface area contributed by atoms with Gasteiger partial charge in [-0.1, -0.05) is 0 Å². The van der Waals surface area contributed by atoms with Gasteiger partial charge in [0, 0.05) is 23.1 Å². The summed E-state index contributed by atoms with van der Waals surface area (Å²) in [4.78, 5) is 10.5. The molecule has 0 saturated heterocycles. The highest BCUT2D eigenvalue weighted by atomic mass is 79.9. The van der Waals surface area contributed by atoms with Crippen molar-refractivity contribution in [2.75, 3.05) is 11.9 Å². The van der Waals surface area contributed by atoms with Gasteiger partial charge in [0.05, 0.1) is 5.56 Å². The Hall–Kier alpha value is -1.24. The number of primary amides is 1. The summed E-state index contributed by atoms with van der Waals surface area (Å²) in [5, 5.41) is 2.81. The molecule has 0 atom stereocenters. The van der Waals surface area contributed by atoms with Gasteiger partial charge in [0.2, 0.25) is 5.91 Å². The van der Waals surface area contributed by atoms with E-state index >= 15 is 0 Å². The van der Waals surface area contributed by atoms with Crippen LogP contribution in [0.3, 0.4) is 0 Å². The van der Waals surface area contributed by atoms with Gasteiger partial charge in [-0.3, -0.25) is 4.79 Å². The Morgan fingerprint density at radius 2 is 2.06 bits per heavy atom. The molecule has 1 aromatic rings. The lowest BCUT2D eigenvalue weighted by atomic mass is 10.2. The minimum Gasteiger partial charge on any atom is -0.384 e. The second kappa shape index (κ2) is 5.39. The topological polar surface area (TPSA) is 55.1 Å². The van der Waals surface area contributed by atoms with Crippen molar-refractivity contribution < 1.29 is 18.0 Å². The quantitative estimate of drug-likeness (QED) is 0.898. The Morgan fingerprint density at radius 3 is 2.53 bits per heavy atom. The second-order valence-electron chi connectivity index (χ2n) is 3.34.